The highest BCUT2D eigenvalue weighted by atomic mass is 79.9. The van der Waals surface area contributed by atoms with E-state index >= 15 is 0 Å². The van der Waals surface area contributed by atoms with Crippen LogP contribution in [0.3, 0.4) is 0 Å². The summed E-state index contributed by atoms with van der Waals surface area (Å²) in [5, 5.41) is 3.31. The highest BCUT2D eigenvalue weighted by molar-refractivity contribution is 9.10. The monoisotopic (exact) mass is 352 g/mol. The molecule has 0 spiro atoms. The summed E-state index contributed by atoms with van der Waals surface area (Å²) in [7, 11) is -3.08. The number of hydrogen-bond acceptors (Lipinski definition) is 4. The van der Waals surface area contributed by atoms with E-state index in [1.165, 1.54) is 10.6 Å². The van der Waals surface area contributed by atoms with Crippen LogP contribution in [0.4, 0.5) is 0 Å². The van der Waals surface area contributed by atoms with Crippen LogP contribution in [-0.4, -0.2) is 38.6 Å². The van der Waals surface area contributed by atoms with E-state index in [0.717, 1.165) is 18.7 Å². The van der Waals surface area contributed by atoms with Crippen LogP contribution in [0.2, 0.25) is 0 Å². The minimum absolute atomic E-state index is 0.111. The molecule has 19 heavy (non-hydrogen) atoms. The molecule has 110 valence electrons. The number of nitrogens with one attached hydrogen (secondary N) is 1. The zero-order valence-electron chi connectivity index (χ0n) is 11.5. The Bertz CT molecular complexity index is 487. The normalized spacial score (nSPS) is 13.9. The summed E-state index contributed by atoms with van der Waals surface area (Å²) in [5.74, 6) is 0.863. The average Bonchev–Trinajstić information content (AvgIpc) is 2.74. The number of sulfonamides is 1. The molecule has 0 radical (unpaired) electrons. The Kier molecular flexibility index (Phi) is 6.52. The van der Waals surface area contributed by atoms with Gasteiger partial charge in [-0.25, -0.2) is 12.7 Å². The van der Waals surface area contributed by atoms with Crippen LogP contribution < -0.4 is 5.32 Å². The summed E-state index contributed by atoms with van der Waals surface area (Å²) in [5.41, 5.74) is 0. The summed E-state index contributed by atoms with van der Waals surface area (Å²) < 4.78 is 30.4. The van der Waals surface area contributed by atoms with E-state index in [4.69, 9.17) is 4.42 Å². The molecule has 0 aliphatic rings. The van der Waals surface area contributed by atoms with E-state index in [1.807, 2.05) is 26.0 Å². The zero-order chi connectivity index (χ0) is 14.5. The minimum atomic E-state index is -3.08. The third-order valence-corrected chi connectivity index (χ3v) is 4.68. The van der Waals surface area contributed by atoms with Crippen LogP contribution in [0.15, 0.2) is 21.2 Å². The van der Waals surface area contributed by atoms with Crippen molar-refractivity contribution >= 4 is 26.0 Å². The Labute approximate surface area is 123 Å². The predicted octanol–water partition coefficient (Wildman–Crippen LogP) is 2.36. The highest BCUT2D eigenvalue weighted by Crippen LogP contribution is 2.19. The van der Waals surface area contributed by atoms with Crippen molar-refractivity contribution in [3.63, 3.8) is 0 Å². The molecule has 0 amide bonds. The maximum Gasteiger partial charge on any atom is 0.211 e. The van der Waals surface area contributed by atoms with Gasteiger partial charge in [0.05, 0.1) is 12.3 Å². The van der Waals surface area contributed by atoms with Gasteiger partial charge in [-0.05, 0) is 48.0 Å². The summed E-state index contributed by atoms with van der Waals surface area (Å²) in [6.07, 6.45) is 2.01. The van der Waals surface area contributed by atoms with Gasteiger partial charge in [0.15, 0.2) is 4.67 Å². The molecule has 0 aliphatic carbocycles. The van der Waals surface area contributed by atoms with E-state index < -0.39 is 10.0 Å². The van der Waals surface area contributed by atoms with Gasteiger partial charge in [-0.15, -0.1) is 0 Å². The van der Waals surface area contributed by atoms with Gasteiger partial charge < -0.3 is 9.73 Å². The molecule has 0 fully saturated rings. The summed E-state index contributed by atoms with van der Waals surface area (Å²) >= 11 is 3.26. The second kappa shape index (κ2) is 7.42. The van der Waals surface area contributed by atoms with Crippen molar-refractivity contribution < 1.29 is 12.8 Å². The molecule has 0 aromatic carbocycles. The highest BCUT2D eigenvalue weighted by Gasteiger charge is 2.14. The Hall–Kier alpha value is -0.370. The first-order valence-corrected chi connectivity index (χ1v) is 8.92. The van der Waals surface area contributed by atoms with Crippen molar-refractivity contribution in [3.05, 3.63) is 22.6 Å². The Morgan fingerprint density at radius 3 is 2.63 bits per heavy atom. The summed E-state index contributed by atoms with van der Waals surface area (Å²) in [6, 6.07) is 3.88. The van der Waals surface area contributed by atoms with Gasteiger partial charge in [0.25, 0.3) is 0 Å². The Morgan fingerprint density at radius 1 is 1.47 bits per heavy atom. The molecule has 1 N–H and O–H groups in total. The van der Waals surface area contributed by atoms with Crippen LogP contribution in [0.1, 0.15) is 32.1 Å². The van der Waals surface area contributed by atoms with Crippen LogP contribution in [0, 0.1) is 0 Å². The van der Waals surface area contributed by atoms with Crippen molar-refractivity contribution in [2.75, 3.05) is 25.9 Å². The molecule has 0 aliphatic heterocycles. The van der Waals surface area contributed by atoms with Gasteiger partial charge >= 0.3 is 0 Å². The fraction of sp³-hybridized carbons (Fsp3) is 0.667. The SMILES string of the molecule is CCN(CCCNC(C)c1ccc(Br)o1)S(C)(=O)=O. The van der Waals surface area contributed by atoms with Crippen molar-refractivity contribution in [2.24, 2.45) is 0 Å². The largest absolute Gasteiger partial charge is 0.453 e. The van der Waals surface area contributed by atoms with Crippen LogP contribution in [0.5, 0.6) is 0 Å². The second-order valence-electron chi connectivity index (χ2n) is 4.43. The lowest BCUT2D eigenvalue weighted by Crippen LogP contribution is -2.32. The van der Waals surface area contributed by atoms with Crippen molar-refractivity contribution in [1.29, 1.82) is 0 Å². The van der Waals surface area contributed by atoms with Gasteiger partial charge in [0, 0.05) is 13.1 Å². The smallest absolute Gasteiger partial charge is 0.211 e. The molecular weight excluding hydrogens is 332 g/mol. The van der Waals surface area contributed by atoms with Crippen molar-refractivity contribution in [1.82, 2.24) is 9.62 Å². The Balaban J connectivity index is 2.31. The molecule has 1 rings (SSSR count). The number of rotatable bonds is 8. The first-order chi connectivity index (χ1) is 8.84. The van der Waals surface area contributed by atoms with Crippen LogP contribution in [-0.2, 0) is 10.0 Å². The lowest BCUT2D eigenvalue weighted by Gasteiger charge is -2.18. The van der Waals surface area contributed by atoms with E-state index in [2.05, 4.69) is 21.2 Å². The van der Waals surface area contributed by atoms with Gasteiger partial charge in [0.1, 0.15) is 5.76 Å². The maximum atomic E-state index is 11.4. The molecule has 0 saturated carbocycles. The van der Waals surface area contributed by atoms with Crippen molar-refractivity contribution in [2.45, 2.75) is 26.3 Å². The molecular formula is C12H21BrN2O3S. The second-order valence-corrected chi connectivity index (χ2v) is 7.19. The third kappa shape index (κ3) is 5.64. The van der Waals surface area contributed by atoms with Gasteiger partial charge in [-0.2, -0.15) is 0 Å². The lowest BCUT2D eigenvalue weighted by atomic mass is 10.2. The zero-order valence-corrected chi connectivity index (χ0v) is 13.9. The van der Waals surface area contributed by atoms with Gasteiger partial charge in [-0.3, -0.25) is 0 Å². The molecule has 1 aromatic heterocycles. The summed E-state index contributed by atoms with van der Waals surface area (Å²) in [6.45, 7) is 5.65. The first-order valence-electron chi connectivity index (χ1n) is 6.28. The standard InChI is InChI=1S/C12H21BrN2O3S/c1-4-15(19(3,16)17)9-5-8-14-10(2)11-6-7-12(13)18-11/h6-7,10,14H,4-5,8-9H2,1-3H3. The van der Waals surface area contributed by atoms with Gasteiger partial charge in [-0.1, -0.05) is 6.92 Å². The molecule has 7 heteroatoms. The van der Waals surface area contributed by atoms with E-state index in [0.29, 0.717) is 17.8 Å². The number of hydrogen-bond donors (Lipinski definition) is 1. The van der Waals surface area contributed by atoms with Gasteiger partial charge in [0.2, 0.25) is 10.0 Å². The first kappa shape index (κ1) is 16.7. The molecule has 1 atom stereocenters. The van der Waals surface area contributed by atoms with Crippen LogP contribution >= 0.6 is 15.9 Å². The maximum absolute atomic E-state index is 11.4. The summed E-state index contributed by atoms with van der Waals surface area (Å²) in [4.78, 5) is 0. The number of furan rings is 1. The number of halogens is 1. The van der Waals surface area contributed by atoms with Crippen molar-refractivity contribution in [3.8, 4) is 0 Å². The Morgan fingerprint density at radius 2 is 2.16 bits per heavy atom. The van der Waals surface area contributed by atoms with E-state index in [1.54, 1.807) is 0 Å². The lowest BCUT2D eigenvalue weighted by molar-refractivity contribution is 0.392. The van der Waals surface area contributed by atoms with Crippen LogP contribution in [0.25, 0.3) is 0 Å². The molecule has 1 aromatic rings. The molecule has 0 bridgehead atoms. The van der Waals surface area contributed by atoms with E-state index in [-0.39, 0.29) is 6.04 Å². The minimum Gasteiger partial charge on any atom is -0.453 e. The fourth-order valence-electron chi connectivity index (χ4n) is 1.79. The third-order valence-electron chi connectivity index (χ3n) is 2.88. The topological polar surface area (TPSA) is 62.6 Å². The molecule has 0 saturated heterocycles. The molecule has 5 nitrogen and oxygen atoms in total. The number of nitrogens with zero attached hydrogens (tertiary/aromatic N) is 1. The van der Waals surface area contributed by atoms with E-state index in [9.17, 15) is 8.42 Å². The fourth-order valence-corrected chi connectivity index (χ4v) is 3.04. The quantitative estimate of drug-likeness (QED) is 0.729. The predicted molar refractivity (Wildman–Crippen MR) is 79.5 cm³/mol. The average molecular weight is 353 g/mol. The molecule has 1 unspecified atom stereocenters. The molecule has 1 heterocycles.